The molecule has 0 aliphatic carbocycles. The molecule has 1 aromatic carbocycles. The zero-order valence-electron chi connectivity index (χ0n) is 18.3. The predicted octanol–water partition coefficient (Wildman–Crippen LogP) is 0.122. The number of carbonyl (C=O) groups excluding carboxylic acids is 4. The molecule has 9 nitrogen and oxygen atoms in total. The van der Waals surface area contributed by atoms with Crippen molar-refractivity contribution in [2.24, 2.45) is 5.73 Å². The number of amides is 3. The molecule has 0 unspecified atom stereocenters. The van der Waals surface area contributed by atoms with Crippen LogP contribution in [-0.4, -0.2) is 65.9 Å². The van der Waals surface area contributed by atoms with E-state index in [0.29, 0.717) is 19.5 Å². The predicted molar refractivity (Wildman–Crippen MR) is 115 cm³/mol. The average molecular weight is 433 g/mol. The number of nitrogens with zero attached hydrogens (tertiary/aromatic N) is 1. The van der Waals surface area contributed by atoms with Crippen molar-refractivity contribution in [1.82, 2.24) is 15.5 Å². The van der Waals surface area contributed by atoms with Crippen LogP contribution in [0.4, 0.5) is 0 Å². The zero-order valence-corrected chi connectivity index (χ0v) is 18.3. The van der Waals surface area contributed by atoms with Crippen LogP contribution < -0.4 is 16.4 Å². The minimum absolute atomic E-state index is 0.0174. The Hall–Kier alpha value is -2.94. The van der Waals surface area contributed by atoms with Crippen molar-refractivity contribution in [2.45, 2.75) is 57.7 Å². The molecule has 1 fully saturated rings. The first-order chi connectivity index (χ1) is 14.6. The number of nitrogens with one attached hydrogen (secondary N) is 2. The van der Waals surface area contributed by atoms with Crippen molar-refractivity contribution in [3.8, 4) is 0 Å². The van der Waals surface area contributed by atoms with Gasteiger partial charge in [0.25, 0.3) is 0 Å². The normalized spacial score (nSPS) is 16.4. The third-order valence-corrected chi connectivity index (χ3v) is 4.76. The van der Waals surface area contributed by atoms with E-state index in [1.807, 2.05) is 30.3 Å². The van der Waals surface area contributed by atoms with E-state index in [4.69, 9.17) is 10.5 Å². The number of carbonyl (C=O) groups is 4. The van der Waals surface area contributed by atoms with E-state index in [9.17, 15) is 19.2 Å². The van der Waals surface area contributed by atoms with Crippen molar-refractivity contribution in [3.63, 3.8) is 0 Å². The Morgan fingerprint density at radius 2 is 1.90 bits per heavy atom. The first-order valence-corrected chi connectivity index (χ1v) is 10.4. The molecule has 9 heteroatoms. The molecular formula is C22H32N4O5. The van der Waals surface area contributed by atoms with Gasteiger partial charge in [0.1, 0.15) is 17.7 Å². The van der Waals surface area contributed by atoms with Gasteiger partial charge in [0, 0.05) is 25.9 Å². The molecule has 0 radical (unpaired) electrons. The summed E-state index contributed by atoms with van der Waals surface area (Å²) < 4.78 is 5.40. The van der Waals surface area contributed by atoms with Crippen molar-refractivity contribution >= 4 is 23.7 Å². The minimum Gasteiger partial charge on any atom is -0.458 e. The number of nitrogens with two attached hydrogens (primary N) is 1. The van der Waals surface area contributed by atoms with E-state index in [-0.39, 0.29) is 25.3 Å². The Morgan fingerprint density at radius 1 is 1.23 bits per heavy atom. The molecule has 1 saturated heterocycles. The monoisotopic (exact) mass is 432 g/mol. The number of hydrogen-bond donors (Lipinski definition) is 3. The van der Waals surface area contributed by atoms with Gasteiger partial charge in [-0.2, -0.15) is 0 Å². The van der Waals surface area contributed by atoms with Gasteiger partial charge in [-0.25, -0.2) is 4.79 Å². The number of primary amides is 1. The van der Waals surface area contributed by atoms with Crippen molar-refractivity contribution in [1.29, 1.82) is 0 Å². The molecule has 1 heterocycles. The Kier molecular flexibility index (Phi) is 8.56. The SMILES string of the molecule is CC(C)(C)OC(=O)[C@H](CCC(N)=O)NC(=O)[C@H](Cc1ccccc1)N1CCNCC1=O. The second-order valence-corrected chi connectivity index (χ2v) is 8.57. The first kappa shape index (κ1) is 24.3. The summed E-state index contributed by atoms with van der Waals surface area (Å²) in [5, 5.41) is 5.69. The second kappa shape index (κ2) is 10.9. The van der Waals surface area contributed by atoms with E-state index in [1.165, 1.54) is 4.90 Å². The Morgan fingerprint density at radius 3 is 2.48 bits per heavy atom. The average Bonchev–Trinajstić information content (AvgIpc) is 2.69. The molecular weight excluding hydrogens is 400 g/mol. The molecule has 0 saturated carbocycles. The summed E-state index contributed by atoms with van der Waals surface area (Å²) in [5.41, 5.74) is 5.36. The van der Waals surface area contributed by atoms with Gasteiger partial charge in [-0.1, -0.05) is 30.3 Å². The molecule has 0 spiro atoms. The number of piperazine rings is 1. The molecule has 0 aromatic heterocycles. The van der Waals surface area contributed by atoms with Gasteiger partial charge in [0.2, 0.25) is 17.7 Å². The summed E-state index contributed by atoms with van der Waals surface area (Å²) in [7, 11) is 0. The number of benzene rings is 1. The second-order valence-electron chi connectivity index (χ2n) is 8.57. The number of rotatable bonds is 9. The number of esters is 1. The minimum atomic E-state index is -1.05. The lowest BCUT2D eigenvalue weighted by molar-refractivity contribution is -0.159. The maximum Gasteiger partial charge on any atom is 0.329 e. The standard InChI is InChI=1S/C22H32N4O5/c1-22(2,3)31-21(30)16(9-10-18(23)27)25-20(29)17(13-15-7-5-4-6-8-15)26-12-11-24-14-19(26)28/h4-8,16-17,24H,9-14H2,1-3H3,(H2,23,27)(H,25,29)/t16-,17-/m0/s1. The molecule has 1 aromatic rings. The van der Waals surface area contributed by atoms with Gasteiger partial charge in [0.05, 0.1) is 6.54 Å². The fourth-order valence-electron chi connectivity index (χ4n) is 3.31. The highest BCUT2D eigenvalue weighted by atomic mass is 16.6. The van der Waals surface area contributed by atoms with E-state index in [0.717, 1.165) is 5.56 Å². The molecule has 1 aliphatic rings. The van der Waals surface area contributed by atoms with Crippen molar-refractivity contribution in [3.05, 3.63) is 35.9 Å². The van der Waals surface area contributed by atoms with Gasteiger partial charge in [0.15, 0.2) is 0 Å². The van der Waals surface area contributed by atoms with E-state index >= 15 is 0 Å². The maximum absolute atomic E-state index is 13.3. The summed E-state index contributed by atoms with van der Waals surface area (Å²) in [5.74, 6) is -1.89. The van der Waals surface area contributed by atoms with Gasteiger partial charge >= 0.3 is 5.97 Å². The van der Waals surface area contributed by atoms with Crippen LogP contribution in [0.15, 0.2) is 30.3 Å². The highest BCUT2D eigenvalue weighted by Crippen LogP contribution is 2.14. The largest absolute Gasteiger partial charge is 0.458 e. The molecule has 2 rings (SSSR count). The van der Waals surface area contributed by atoms with Crippen LogP contribution in [0.25, 0.3) is 0 Å². The summed E-state index contributed by atoms with van der Waals surface area (Å²) in [6, 6.07) is 7.51. The summed E-state index contributed by atoms with van der Waals surface area (Å²) in [6.07, 6.45) is 0.235. The van der Waals surface area contributed by atoms with Crippen LogP contribution in [0, 0.1) is 0 Å². The van der Waals surface area contributed by atoms with E-state index < -0.39 is 35.5 Å². The van der Waals surface area contributed by atoms with E-state index in [2.05, 4.69) is 10.6 Å². The van der Waals surface area contributed by atoms with Gasteiger partial charge in [-0.15, -0.1) is 0 Å². The Balaban J connectivity index is 2.23. The number of ether oxygens (including phenoxy) is 1. The highest BCUT2D eigenvalue weighted by molar-refractivity contribution is 5.92. The molecule has 31 heavy (non-hydrogen) atoms. The zero-order chi connectivity index (χ0) is 23.0. The van der Waals surface area contributed by atoms with Crippen LogP contribution in [0.5, 0.6) is 0 Å². The lowest BCUT2D eigenvalue weighted by Crippen LogP contribution is -2.59. The summed E-state index contributed by atoms with van der Waals surface area (Å²) in [4.78, 5) is 51.2. The third-order valence-electron chi connectivity index (χ3n) is 4.76. The van der Waals surface area contributed by atoms with Crippen molar-refractivity contribution < 1.29 is 23.9 Å². The molecule has 170 valence electrons. The molecule has 0 bridgehead atoms. The summed E-state index contributed by atoms with van der Waals surface area (Å²) >= 11 is 0. The van der Waals surface area contributed by atoms with Crippen LogP contribution in [0.1, 0.15) is 39.2 Å². The van der Waals surface area contributed by atoms with Crippen LogP contribution >= 0.6 is 0 Å². The lowest BCUT2D eigenvalue weighted by atomic mass is 10.0. The smallest absolute Gasteiger partial charge is 0.329 e. The molecule has 2 atom stereocenters. The van der Waals surface area contributed by atoms with Gasteiger partial charge < -0.3 is 26.0 Å². The third kappa shape index (κ3) is 8.01. The number of hydrogen-bond acceptors (Lipinski definition) is 6. The first-order valence-electron chi connectivity index (χ1n) is 10.4. The lowest BCUT2D eigenvalue weighted by Gasteiger charge is -2.35. The van der Waals surface area contributed by atoms with Crippen molar-refractivity contribution in [2.75, 3.05) is 19.6 Å². The fourth-order valence-corrected chi connectivity index (χ4v) is 3.31. The maximum atomic E-state index is 13.3. The quantitative estimate of drug-likeness (QED) is 0.475. The Bertz CT molecular complexity index is 791. The van der Waals surface area contributed by atoms with Gasteiger partial charge in [-0.05, 0) is 32.8 Å². The molecule has 1 aliphatic heterocycles. The molecule has 4 N–H and O–H groups in total. The fraction of sp³-hybridized carbons (Fsp3) is 0.545. The van der Waals surface area contributed by atoms with Crippen LogP contribution in [-0.2, 0) is 30.3 Å². The van der Waals surface area contributed by atoms with E-state index in [1.54, 1.807) is 20.8 Å². The van der Waals surface area contributed by atoms with Gasteiger partial charge in [-0.3, -0.25) is 14.4 Å². The molecule has 3 amide bonds. The topological polar surface area (TPSA) is 131 Å². The Labute approximate surface area is 182 Å². The highest BCUT2D eigenvalue weighted by Gasteiger charge is 2.35. The van der Waals surface area contributed by atoms with Crippen LogP contribution in [0.2, 0.25) is 0 Å². The summed E-state index contributed by atoms with van der Waals surface area (Å²) in [6.45, 7) is 6.25. The van der Waals surface area contributed by atoms with Crippen LogP contribution in [0.3, 0.4) is 0 Å².